The summed E-state index contributed by atoms with van der Waals surface area (Å²) in [7, 11) is 3.42. The molecular weight excluding hydrogens is 236 g/mol. The van der Waals surface area contributed by atoms with Gasteiger partial charge in [0.05, 0.1) is 12.0 Å². The first kappa shape index (κ1) is 15.2. The molecule has 0 saturated carbocycles. The highest BCUT2D eigenvalue weighted by Gasteiger charge is 2.18. The van der Waals surface area contributed by atoms with Crippen molar-refractivity contribution in [2.24, 2.45) is 0 Å². The molecule has 0 spiro atoms. The number of amides is 1. The van der Waals surface area contributed by atoms with Crippen LogP contribution in [0.5, 0.6) is 0 Å². The molecule has 0 radical (unpaired) electrons. The summed E-state index contributed by atoms with van der Waals surface area (Å²) in [6.45, 7) is 6.46. The normalized spacial score (nSPS) is 12.6. The maximum absolute atomic E-state index is 11.7. The molecule has 0 aromatic heterocycles. The molecule has 1 aromatic rings. The van der Waals surface area contributed by atoms with Crippen molar-refractivity contribution in [3.63, 3.8) is 0 Å². The van der Waals surface area contributed by atoms with E-state index in [1.807, 2.05) is 24.3 Å². The number of carbonyl (C=O) groups excluding carboxylic acids is 1. The fraction of sp³-hybridized carbons (Fsp3) is 0.500. The van der Waals surface area contributed by atoms with Gasteiger partial charge in [0.15, 0.2) is 0 Å². The van der Waals surface area contributed by atoms with Crippen LogP contribution in [0.3, 0.4) is 0 Å². The van der Waals surface area contributed by atoms with Gasteiger partial charge in [0.2, 0.25) is 5.91 Å². The third kappa shape index (κ3) is 4.10. The standard InChI is InChI=1S/C16H22N2O/c1-16(2,3)14-8-6-12(7-9-14)13(11-17)10-15(19)18(4)5/h6-9,13H,10H2,1-5H3. The summed E-state index contributed by atoms with van der Waals surface area (Å²) in [6, 6.07) is 10.2. The number of nitriles is 1. The van der Waals surface area contributed by atoms with E-state index in [1.165, 1.54) is 10.5 Å². The van der Waals surface area contributed by atoms with E-state index in [-0.39, 0.29) is 23.7 Å². The third-order valence-electron chi connectivity index (χ3n) is 3.21. The van der Waals surface area contributed by atoms with Crippen LogP contribution >= 0.6 is 0 Å². The lowest BCUT2D eigenvalue weighted by atomic mass is 9.85. The Bertz CT molecular complexity index is 475. The van der Waals surface area contributed by atoms with Crippen molar-refractivity contribution in [1.29, 1.82) is 5.26 Å². The number of benzene rings is 1. The number of rotatable bonds is 3. The van der Waals surface area contributed by atoms with Crippen LogP contribution in [0.1, 0.15) is 44.2 Å². The molecule has 0 aliphatic carbocycles. The Morgan fingerprint density at radius 1 is 1.26 bits per heavy atom. The first-order valence-electron chi connectivity index (χ1n) is 6.46. The van der Waals surface area contributed by atoms with E-state index >= 15 is 0 Å². The minimum absolute atomic E-state index is 0.0218. The second kappa shape index (κ2) is 5.88. The summed E-state index contributed by atoms with van der Waals surface area (Å²) >= 11 is 0. The molecule has 0 fully saturated rings. The van der Waals surface area contributed by atoms with Gasteiger partial charge in [0.1, 0.15) is 0 Å². The van der Waals surface area contributed by atoms with E-state index in [4.69, 9.17) is 0 Å². The molecule has 19 heavy (non-hydrogen) atoms. The summed E-state index contributed by atoms with van der Waals surface area (Å²) in [6.07, 6.45) is 0.234. The van der Waals surface area contributed by atoms with Gasteiger partial charge in [-0.3, -0.25) is 4.79 Å². The first-order chi connectivity index (χ1) is 8.75. The van der Waals surface area contributed by atoms with Crippen LogP contribution in [-0.2, 0) is 10.2 Å². The van der Waals surface area contributed by atoms with Crippen molar-refractivity contribution in [3.8, 4) is 6.07 Å². The van der Waals surface area contributed by atoms with E-state index in [0.29, 0.717) is 0 Å². The first-order valence-corrected chi connectivity index (χ1v) is 6.46. The smallest absolute Gasteiger partial charge is 0.223 e. The molecule has 1 rings (SSSR count). The molecule has 1 atom stereocenters. The molecule has 0 aliphatic rings. The topological polar surface area (TPSA) is 44.1 Å². The molecule has 3 heteroatoms. The minimum atomic E-state index is -0.371. The summed E-state index contributed by atoms with van der Waals surface area (Å²) in [5.41, 5.74) is 2.23. The van der Waals surface area contributed by atoms with Gasteiger partial charge >= 0.3 is 0 Å². The van der Waals surface area contributed by atoms with Gasteiger partial charge in [0.25, 0.3) is 0 Å². The highest BCUT2D eigenvalue weighted by Crippen LogP contribution is 2.25. The molecular formula is C16H22N2O. The Hall–Kier alpha value is -1.82. The average Bonchev–Trinajstić information content (AvgIpc) is 2.34. The van der Waals surface area contributed by atoms with Gasteiger partial charge in [-0.25, -0.2) is 0 Å². The van der Waals surface area contributed by atoms with Crippen LogP contribution < -0.4 is 0 Å². The second-order valence-corrected chi connectivity index (χ2v) is 6.05. The molecule has 3 nitrogen and oxygen atoms in total. The molecule has 0 aliphatic heterocycles. The molecule has 1 aromatic carbocycles. The second-order valence-electron chi connectivity index (χ2n) is 6.05. The zero-order valence-electron chi connectivity index (χ0n) is 12.4. The number of nitrogens with zero attached hydrogens (tertiary/aromatic N) is 2. The van der Waals surface area contributed by atoms with E-state index in [9.17, 15) is 10.1 Å². The molecule has 1 unspecified atom stereocenters. The van der Waals surface area contributed by atoms with Gasteiger partial charge in [-0.15, -0.1) is 0 Å². The molecule has 0 bridgehead atoms. The Kier molecular flexibility index (Phi) is 4.72. The molecule has 0 heterocycles. The van der Waals surface area contributed by atoms with E-state index in [0.717, 1.165) is 5.56 Å². The summed E-state index contributed by atoms with van der Waals surface area (Å²) in [5, 5.41) is 9.22. The maximum atomic E-state index is 11.7. The summed E-state index contributed by atoms with van der Waals surface area (Å²) in [4.78, 5) is 13.2. The third-order valence-corrected chi connectivity index (χ3v) is 3.21. The SMILES string of the molecule is CN(C)C(=O)CC(C#N)c1ccc(C(C)(C)C)cc1. The molecule has 102 valence electrons. The summed E-state index contributed by atoms with van der Waals surface area (Å²) in [5.74, 6) is -0.393. The van der Waals surface area contributed by atoms with Crippen LogP contribution in [0.15, 0.2) is 24.3 Å². The Morgan fingerprint density at radius 3 is 2.16 bits per heavy atom. The van der Waals surface area contributed by atoms with Crippen LogP contribution in [0, 0.1) is 11.3 Å². The van der Waals surface area contributed by atoms with E-state index in [1.54, 1.807) is 14.1 Å². The van der Waals surface area contributed by atoms with Crippen molar-refractivity contribution < 1.29 is 4.79 Å². The van der Waals surface area contributed by atoms with Gasteiger partial charge in [-0.05, 0) is 16.5 Å². The fourth-order valence-corrected chi connectivity index (χ4v) is 1.81. The average molecular weight is 258 g/mol. The lowest BCUT2D eigenvalue weighted by Crippen LogP contribution is -2.23. The zero-order valence-corrected chi connectivity index (χ0v) is 12.4. The van der Waals surface area contributed by atoms with Crippen molar-refractivity contribution in [2.45, 2.75) is 38.5 Å². The van der Waals surface area contributed by atoms with Crippen LogP contribution in [0.2, 0.25) is 0 Å². The van der Waals surface area contributed by atoms with E-state index < -0.39 is 0 Å². The summed E-state index contributed by atoms with van der Waals surface area (Å²) < 4.78 is 0. The number of carbonyl (C=O) groups is 1. The van der Waals surface area contributed by atoms with Gasteiger partial charge < -0.3 is 4.90 Å². The lowest BCUT2D eigenvalue weighted by Gasteiger charge is -2.20. The quantitative estimate of drug-likeness (QED) is 0.836. The van der Waals surface area contributed by atoms with Crippen molar-refractivity contribution in [1.82, 2.24) is 4.90 Å². The Morgan fingerprint density at radius 2 is 1.79 bits per heavy atom. The van der Waals surface area contributed by atoms with Gasteiger partial charge in [-0.2, -0.15) is 5.26 Å². The molecule has 1 amide bonds. The van der Waals surface area contributed by atoms with E-state index in [2.05, 4.69) is 26.8 Å². The van der Waals surface area contributed by atoms with Crippen LogP contribution in [0.25, 0.3) is 0 Å². The fourth-order valence-electron chi connectivity index (χ4n) is 1.81. The highest BCUT2D eigenvalue weighted by atomic mass is 16.2. The number of hydrogen-bond donors (Lipinski definition) is 0. The largest absolute Gasteiger partial charge is 0.349 e. The van der Waals surface area contributed by atoms with Crippen LogP contribution in [0.4, 0.5) is 0 Å². The minimum Gasteiger partial charge on any atom is -0.349 e. The highest BCUT2D eigenvalue weighted by molar-refractivity contribution is 5.77. The monoisotopic (exact) mass is 258 g/mol. The van der Waals surface area contributed by atoms with Gasteiger partial charge in [-0.1, -0.05) is 45.0 Å². The predicted octanol–water partition coefficient (Wildman–Crippen LogP) is 3.07. The van der Waals surface area contributed by atoms with Crippen molar-refractivity contribution in [3.05, 3.63) is 35.4 Å². The zero-order chi connectivity index (χ0) is 14.6. The van der Waals surface area contributed by atoms with Crippen LogP contribution in [-0.4, -0.2) is 24.9 Å². The molecule has 0 N–H and O–H groups in total. The van der Waals surface area contributed by atoms with Crippen molar-refractivity contribution in [2.75, 3.05) is 14.1 Å². The maximum Gasteiger partial charge on any atom is 0.223 e. The van der Waals surface area contributed by atoms with Gasteiger partial charge in [0, 0.05) is 20.5 Å². The number of hydrogen-bond acceptors (Lipinski definition) is 2. The molecule has 0 saturated heterocycles. The Labute approximate surface area is 115 Å². The lowest BCUT2D eigenvalue weighted by molar-refractivity contribution is -0.128. The van der Waals surface area contributed by atoms with Crippen molar-refractivity contribution >= 4 is 5.91 Å². The Balaban J connectivity index is 2.90. The predicted molar refractivity (Wildman–Crippen MR) is 76.8 cm³/mol.